The Morgan fingerprint density at radius 2 is 1.25 bits per heavy atom. The molecule has 0 saturated heterocycles. The van der Waals surface area contributed by atoms with Gasteiger partial charge in [-0.3, -0.25) is 4.90 Å². The highest BCUT2D eigenvalue weighted by molar-refractivity contribution is 7.85. The van der Waals surface area contributed by atoms with Gasteiger partial charge in [0, 0.05) is 57.7 Å². The zero-order chi connectivity index (χ0) is 32.1. The van der Waals surface area contributed by atoms with Crippen LogP contribution >= 0.6 is 7.14 Å². The molecule has 0 fully saturated rings. The minimum absolute atomic E-state index is 0.555. The highest BCUT2D eigenvalue weighted by atomic mass is 31.2. The van der Waals surface area contributed by atoms with Crippen LogP contribution in [0.5, 0.6) is 0 Å². The molecule has 48 heavy (non-hydrogen) atoms. The fourth-order valence-electron chi connectivity index (χ4n) is 7.22. The number of dihydropyridines is 2. The molecule has 2 N–H and O–H groups in total. The van der Waals surface area contributed by atoms with Crippen LogP contribution < -0.4 is 31.6 Å². The van der Waals surface area contributed by atoms with Crippen molar-refractivity contribution in [3.63, 3.8) is 0 Å². The normalized spacial score (nSPS) is 15.4. The largest absolute Gasteiger partial charge is 0.387 e. The molecule has 6 nitrogen and oxygen atoms in total. The third-order valence-corrected chi connectivity index (χ3v) is 12.3. The Bertz CT molecular complexity index is 2330. The lowest BCUT2D eigenvalue weighted by Crippen LogP contribution is -2.31. The summed E-state index contributed by atoms with van der Waals surface area (Å²) in [5, 5.41) is 9.70. The molecule has 232 valence electrons. The van der Waals surface area contributed by atoms with Crippen molar-refractivity contribution in [1.82, 2.24) is 20.2 Å². The predicted octanol–water partition coefficient (Wildman–Crippen LogP) is 6.84. The van der Waals surface area contributed by atoms with Gasteiger partial charge in [0.25, 0.3) is 0 Å². The van der Waals surface area contributed by atoms with Crippen LogP contribution in [0, 0.1) is 0 Å². The molecule has 7 heteroatoms. The molecule has 3 aliphatic heterocycles. The maximum absolute atomic E-state index is 15.4. The molecule has 0 spiro atoms. The number of hydrogen-bond donors (Lipinski definition) is 2. The fraction of sp³-hybridized carbons (Fsp3) is 0.0488. The van der Waals surface area contributed by atoms with E-state index in [1.807, 2.05) is 91.3 Å². The van der Waals surface area contributed by atoms with Gasteiger partial charge in [-0.05, 0) is 60.4 Å². The first kappa shape index (κ1) is 28.4. The Morgan fingerprint density at radius 1 is 0.625 bits per heavy atom. The summed E-state index contributed by atoms with van der Waals surface area (Å²) in [4.78, 5) is 7.56. The van der Waals surface area contributed by atoms with Crippen LogP contribution in [-0.4, -0.2) is 22.6 Å². The third kappa shape index (κ3) is 4.41. The summed E-state index contributed by atoms with van der Waals surface area (Å²) in [5.41, 5.74) is 9.68. The van der Waals surface area contributed by atoms with Crippen LogP contribution in [0.1, 0.15) is 11.1 Å². The first-order chi connectivity index (χ1) is 23.7. The lowest BCUT2D eigenvalue weighted by molar-refractivity contribution is 0.592. The summed E-state index contributed by atoms with van der Waals surface area (Å²) in [6.07, 6.45) is 10.5. The first-order valence-corrected chi connectivity index (χ1v) is 17.9. The van der Waals surface area contributed by atoms with Crippen molar-refractivity contribution in [2.75, 3.05) is 18.0 Å². The summed E-state index contributed by atoms with van der Waals surface area (Å²) in [5.74, 6) is 0.722. The van der Waals surface area contributed by atoms with Crippen molar-refractivity contribution < 1.29 is 4.57 Å². The van der Waals surface area contributed by atoms with Crippen LogP contribution in [0.2, 0.25) is 0 Å². The van der Waals surface area contributed by atoms with Gasteiger partial charge < -0.3 is 19.8 Å². The lowest BCUT2D eigenvalue weighted by Gasteiger charge is -2.31. The second kappa shape index (κ2) is 11.4. The van der Waals surface area contributed by atoms with Crippen molar-refractivity contribution in [2.45, 2.75) is 0 Å². The standard InChI is InChI=1S/C41H32N5OP/c47-48(31-13-6-2-7-14-31,32-15-8-3-9-16-32)39-18-10-17-38(44-39)46-36-21-24-42-27-34(36)33-20-19-29-23-26-45(30-11-4-1-5-12-30)41(29)40(33)35-28-43-25-22-37(35)46/h1-26,42-43H,27-28H2. The van der Waals surface area contributed by atoms with E-state index in [1.54, 1.807) is 0 Å². The summed E-state index contributed by atoms with van der Waals surface area (Å²) >= 11 is 0. The number of anilines is 1. The Labute approximate surface area is 279 Å². The molecule has 0 atom stereocenters. The van der Waals surface area contributed by atoms with E-state index in [1.165, 1.54) is 33.2 Å². The van der Waals surface area contributed by atoms with Gasteiger partial charge in [-0.2, -0.15) is 0 Å². The second-order valence-corrected chi connectivity index (χ2v) is 14.8. The molecule has 5 heterocycles. The number of aromatic nitrogens is 2. The van der Waals surface area contributed by atoms with Gasteiger partial charge in [0.2, 0.25) is 0 Å². The van der Waals surface area contributed by atoms with Gasteiger partial charge in [-0.25, -0.2) is 4.98 Å². The number of rotatable bonds is 5. The summed E-state index contributed by atoms with van der Waals surface area (Å²) in [6.45, 7) is 1.31. The number of hydrogen-bond acceptors (Lipinski definition) is 5. The summed E-state index contributed by atoms with van der Waals surface area (Å²) < 4.78 is 17.7. The molecule has 0 unspecified atom stereocenters. The van der Waals surface area contributed by atoms with Crippen molar-refractivity contribution in [1.29, 1.82) is 0 Å². The number of allylic oxidation sites excluding steroid dienone is 2. The van der Waals surface area contributed by atoms with E-state index >= 15 is 4.57 Å². The molecular weight excluding hydrogens is 609 g/mol. The molecule has 9 rings (SSSR count). The topological polar surface area (TPSA) is 62.2 Å². The van der Waals surface area contributed by atoms with Crippen LogP contribution in [0.4, 0.5) is 5.82 Å². The number of para-hydroxylation sites is 1. The Balaban J connectivity index is 1.31. The zero-order valence-corrected chi connectivity index (χ0v) is 27.0. The smallest absolute Gasteiger partial charge is 0.188 e. The number of fused-ring (bicyclic) bond motifs is 5. The predicted molar refractivity (Wildman–Crippen MR) is 198 cm³/mol. The molecule has 6 aromatic rings. The minimum atomic E-state index is -3.30. The highest BCUT2D eigenvalue weighted by Crippen LogP contribution is 2.46. The molecule has 0 aliphatic carbocycles. The van der Waals surface area contributed by atoms with Crippen LogP contribution in [-0.2, 0) is 4.57 Å². The molecule has 2 aromatic heterocycles. The molecule has 0 radical (unpaired) electrons. The van der Waals surface area contributed by atoms with Crippen molar-refractivity contribution >= 4 is 51.1 Å². The van der Waals surface area contributed by atoms with E-state index in [-0.39, 0.29) is 0 Å². The SMILES string of the molecule is O=P(c1ccccc1)(c1ccccc1)c1cccc(N2C3=C(CNC=C3)c3ccc4ccn(-c5ccccc5)c4c3C3=C2C=CNC3)n1. The maximum atomic E-state index is 15.4. The van der Waals surface area contributed by atoms with Gasteiger partial charge >= 0.3 is 0 Å². The highest BCUT2D eigenvalue weighted by Gasteiger charge is 2.35. The van der Waals surface area contributed by atoms with Gasteiger partial charge in [0.15, 0.2) is 7.14 Å². The number of benzene rings is 4. The van der Waals surface area contributed by atoms with E-state index < -0.39 is 7.14 Å². The second-order valence-electron chi connectivity index (χ2n) is 12.1. The number of nitrogens with zero attached hydrogens (tertiary/aromatic N) is 3. The van der Waals surface area contributed by atoms with Gasteiger partial charge in [0.05, 0.1) is 16.9 Å². The van der Waals surface area contributed by atoms with Crippen LogP contribution in [0.15, 0.2) is 170 Å². The van der Waals surface area contributed by atoms with Crippen molar-refractivity contribution in [3.05, 3.63) is 181 Å². The minimum Gasteiger partial charge on any atom is -0.387 e. The first-order valence-electron chi connectivity index (χ1n) is 16.2. The molecule has 0 saturated carbocycles. The molecular formula is C41H32N5OP. The van der Waals surface area contributed by atoms with Gasteiger partial charge in [-0.1, -0.05) is 97.1 Å². The lowest BCUT2D eigenvalue weighted by atomic mass is 9.90. The van der Waals surface area contributed by atoms with E-state index in [2.05, 4.69) is 87.0 Å². The van der Waals surface area contributed by atoms with Gasteiger partial charge in [-0.15, -0.1) is 0 Å². The maximum Gasteiger partial charge on any atom is 0.188 e. The molecule has 3 aliphatic rings. The molecule has 4 aromatic carbocycles. The molecule has 0 bridgehead atoms. The Morgan fingerprint density at radius 3 is 1.94 bits per heavy atom. The Kier molecular flexibility index (Phi) is 6.77. The number of pyridine rings is 1. The van der Waals surface area contributed by atoms with E-state index in [0.717, 1.165) is 33.5 Å². The van der Waals surface area contributed by atoms with Crippen molar-refractivity contribution in [2.24, 2.45) is 0 Å². The van der Waals surface area contributed by atoms with Gasteiger partial charge in [0.1, 0.15) is 11.3 Å². The number of nitrogens with one attached hydrogen (secondary N) is 2. The van der Waals surface area contributed by atoms with Crippen LogP contribution in [0.25, 0.3) is 27.7 Å². The Hall–Kier alpha value is -5.84. The zero-order valence-electron chi connectivity index (χ0n) is 26.1. The summed E-state index contributed by atoms with van der Waals surface area (Å²) in [7, 11) is -3.30. The van der Waals surface area contributed by atoms with E-state index in [4.69, 9.17) is 4.98 Å². The average Bonchev–Trinajstić information content (AvgIpc) is 3.55. The van der Waals surface area contributed by atoms with E-state index in [9.17, 15) is 0 Å². The molecule has 0 amide bonds. The average molecular weight is 642 g/mol. The fourth-order valence-corrected chi connectivity index (χ4v) is 9.77. The third-order valence-electron chi connectivity index (χ3n) is 9.40. The summed E-state index contributed by atoms with van der Waals surface area (Å²) in [6, 6.07) is 42.6. The quantitative estimate of drug-likeness (QED) is 0.202. The van der Waals surface area contributed by atoms with Crippen LogP contribution in [0.3, 0.4) is 0 Å². The van der Waals surface area contributed by atoms with E-state index in [0.29, 0.717) is 18.5 Å². The monoisotopic (exact) mass is 641 g/mol. The van der Waals surface area contributed by atoms with Crippen molar-refractivity contribution in [3.8, 4) is 5.69 Å².